The Kier molecular flexibility index (Phi) is 4.90. The van der Waals surface area contributed by atoms with E-state index in [2.05, 4.69) is 26.7 Å². The number of nitrogens with zero attached hydrogens (tertiary/aromatic N) is 1. The number of halogens is 1. The van der Waals surface area contributed by atoms with E-state index in [1.54, 1.807) is 13.0 Å². The standard InChI is InChI=1S/C13H17BrN2O2S2/c1-10-11(8-12(14)19-10)20(17,18)16-13(9-15)6-4-2-3-5-7-13/h8,16H,2-7H2,1H3. The summed E-state index contributed by atoms with van der Waals surface area (Å²) in [7, 11) is -3.65. The van der Waals surface area contributed by atoms with Crippen molar-refractivity contribution in [2.75, 3.05) is 0 Å². The van der Waals surface area contributed by atoms with Crippen LogP contribution in [0.15, 0.2) is 14.7 Å². The van der Waals surface area contributed by atoms with Crippen LogP contribution in [-0.4, -0.2) is 14.0 Å². The van der Waals surface area contributed by atoms with E-state index in [0.29, 0.717) is 12.8 Å². The maximum Gasteiger partial charge on any atom is 0.243 e. The summed E-state index contributed by atoms with van der Waals surface area (Å²) in [6, 6.07) is 3.81. The minimum absolute atomic E-state index is 0.272. The van der Waals surface area contributed by atoms with Crippen molar-refractivity contribution in [2.24, 2.45) is 0 Å². The molecule has 0 amide bonds. The Balaban J connectivity index is 2.31. The summed E-state index contributed by atoms with van der Waals surface area (Å²) in [5, 5.41) is 9.47. The van der Waals surface area contributed by atoms with Gasteiger partial charge >= 0.3 is 0 Å². The first-order chi connectivity index (χ1) is 9.38. The molecule has 2 rings (SSSR count). The molecule has 0 saturated heterocycles. The third-order valence-corrected chi connectivity index (χ3v) is 6.98. The van der Waals surface area contributed by atoms with Crippen LogP contribution in [0, 0.1) is 18.3 Å². The molecule has 7 heteroatoms. The minimum atomic E-state index is -3.65. The zero-order chi connectivity index (χ0) is 14.8. The monoisotopic (exact) mass is 376 g/mol. The third-order valence-electron chi connectivity index (χ3n) is 3.63. The Labute approximate surface area is 132 Å². The van der Waals surface area contributed by atoms with Gasteiger partial charge in [-0.15, -0.1) is 11.3 Å². The molecule has 20 heavy (non-hydrogen) atoms. The summed E-state index contributed by atoms with van der Waals surface area (Å²) in [4.78, 5) is 0.999. The van der Waals surface area contributed by atoms with Gasteiger partial charge in [0.2, 0.25) is 10.0 Å². The topological polar surface area (TPSA) is 70.0 Å². The van der Waals surface area contributed by atoms with Crippen molar-refractivity contribution < 1.29 is 8.42 Å². The number of nitrogens with one attached hydrogen (secondary N) is 1. The summed E-state index contributed by atoms with van der Waals surface area (Å²) >= 11 is 4.69. The van der Waals surface area contributed by atoms with Crippen LogP contribution in [0.5, 0.6) is 0 Å². The third kappa shape index (κ3) is 3.42. The number of hydrogen-bond acceptors (Lipinski definition) is 4. The van der Waals surface area contributed by atoms with Crippen molar-refractivity contribution in [3.8, 4) is 6.07 Å². The lowest BCUT2D eigenvalue weighted by molar-refractivity contribution is 0.422. The van der Waals surface area contributed by atoms with Gasteiger partial charge in [-0.2, -0.15) is 9.98 Å². The molecule has 0 aromatic carbocycles. The van der Waals surface area contributed by atoms with Crippen molar-refractivity contribution in [3.05, 3.63) is 14.7 Å². The molecule has 1 aliphatic carbocycles. The van der Waals surface area contributed by atoms with Gasteiger partial charge in [0.1, 0.15) is 5.54 Å². The Bertz CT molecular complexity index is 623. The predicted octanol–water partition coefficient (Wildman–Crippen LogP) is 3.71. The van der Waals surface area contributed by atoms with Crippen molar-refractivity contribution in [1.29, 1.82) is 5.26 Å². The largest absolute Gasteiger partial charge is 0.243 e. The summed E-state index contributed by atoms with van der Waals surface area (Å²) in [5.41, 5.74) is -0.948. The van der Waals surface area contributed by atoms with Gasteiger partial charge in [0.15, 0.2) is 0 Å². The van der Waals surface area contributed by atoms with Crippen LogP contribution in [0.2, 0.25) is 0 Å². The van der Waals surface area contributed by atoms with E-state index < -0.39 is 15.6 Å². The number of rotatable bonds is 3. The lowest BCUT2D eigenvalue weighted by Gasteiger charge is -2.25. The van der Waals surface area contributed by atoms with Gasteiger partial charge in [-0.05, 0) is 41.8 Å². The number of sulfonamides is 1. The second-order valence-corrected chi connectivity index (χ2v) is 9.47. The highest BCUT2D eigenvalue weighted by Gasteiger charge is 2.36. The summed E-state index contributed by atoms with van der Waals surface area (Å²) in [6.45, 7) is 1.77. The van der Waals surface area contributed by atoms with Gasteiger partial charge in [-0.3, -0.25) is 0 Å². The molecule has 0 bridgehead atoms. The average molecular weight is 377 g/mol. The fraction of sp³-hybridized carbons (Fsp3) is 0.615. The Morgan fingerprint density at radius 3 is 2.40 bits per heavy atom. The molecule has 0 atom stereocenters. The van der Waals surface area contributed by atoms with Gasteiger partial charge in [0.25, 0.3) is 0 Å². The molecule has 0 radical (unpaired) electrons. The number of thiophene rings is 1. The molecule has 1 aliphatic rings. The highest BCUT2D eigenvalue weighted by Crippen LogP contribution is 2.32. The molecule has 0 spiro atoms. The molecular formula is C13H17BrN2O2S2. The number of aryl methyl sites for hydroxylation is 1. The van der Waals surface area contributed by atoms with Crippen molar-refractivity contribution >= 4 is 37.3 Å². The molecule has 1 saturated carbocycles. The van der Waals surface area contributed by atoms with E-state index in [1.807, 2.05) is 0 Å². The first kappa shape index (κ1) is 16.0. The summed E-state index contributed by atoms with van der Waals surface area (Å²) < 4.78 is 28.5. The van der Waals surface area contributed by atoms with Crippen LogP contribution in [0.25, 0.3) is 0 Å². The SMILES string of the molecule is Cc1sc(Br)cc1S(=O)(=O)NC1(C#N)CCCCCC1. The Morgan fingerprint density at radius 2 is 1.95 bits per heavy atom. The lowest BCUT2D eigenvalue weighted by atomic mass is 9.94. The fourth-order valence-electron chi connectivity index (χ4n) is 2.58. The predicted molar refractivity (Wildman–Crippen MR) is 83.1 cm³/mol. The molecule has 1 heterocycles. The average Bonchev–Trinajstić information content (AvgIpc) is 2.61. The van der Waals surface area contributed by atoms with Crippen LogP contribution in [0.4, 0.5) is 0 Å². The molecule has 4 nitrogen and oxygen atoms in total. The Morgan fingerprint density at radius 1 is 1.35 bits per heavy atom. The normalized spacial score (nSPS) is 19.2. The highest BCUT2D eigenvalue weighted by molar-refractivity contribution is 9.11. The van der Waals surface area contributed by atoms with E-state index in [-0.39, 0.29) is 4.90 Å². The van der Waals surface area contributed by atoms with Crippen LogP contribution < -0.4 is 4.72 Å². The minimum Gasteiger partial charge on any atom is -0.207 e. The highest BCUT2D eigenvalue weighted by atomic mass is 79.9. The molecule has 1 N–H and O–H groups in total. The van der Waals surface area contributed by atoms with Crippen LogP contribution >= 0.6 is 27.3 Å². The maximum absolute atomic E-state index is 12.5. The van der Waals surface area contributed by atoms with Gasteiger partial charge in [-0.1, -0.05) is 25.7 Å². The molecule has 1 fully saturated rings. The van der Waals surface area contributed by atoms with E-state index in [0.717, 1.165) is 34.3 Å². The fourth-order valence-corrected chi connectivity index (χ4v) is 6.37. The smallest absolute Gasteiger partial charge is 0.207 e. The quantitative estimate of drug-likeness (QED) is 0.817. The van der Waals surface area contributed by atoms with Gasteiger partial charge in [0, 0.05) is 4.88 Å². The van der Waals surface area contributed by atoms with Crippen LogP contribution in [-0.2, 0) is 10.0 Å². The van der Waals surface area contributed by atoms with Gasteiger partial charge < -0.3 is 0 Å². The second-order valence-electron chi connectivity index (χ2n) is 5.18. The lowest BCUT2D eigenvalue weighted by Crippen LogP contribution is -2.46. The Hall–Kier alpha value is -0.420. The van der Waals surface area contributed by atoms with E-state index >= 15 is 0 Å². The number of hydrogen-bond donors (Lipinski definition) is 1. The molecule has 1 aromatic rings. The van der Waals surface area contributed by atoms with Gasteiger partial charge in [0.05, 0.1) is 14.8 Å². The first-order valence-electron chi connectivity index (χ1n) is 6.60. The summed E-state index contributed by atoms with van der Waals surface area (Å²) in [6.07, 6.45) is 5.09. The molecular weight excluding hydrogens is 360 g/mol. The van der Waals surface area contributed by atoms with Gasteiger partial charge in [-0.25, -0.2) is 8.42 Å². The molecule has 0 aliphatic heterocycles. The summed E-state index contributed by atoms with van der Waals surface area (Å²) in [5.74, 6) is 0. The molecule has 0 unspecified atom stereocenters. The molecule has 1 aromatic heterocycles. The van der Waals surface area contributed by atoms with E-state index in [9.17, 15) is 13.7 Å². The first-order valence-corrected chi connectivity index (χ1v) is 9.69. The zero-order valence-corrected chi connectivity index (χ0v) is 14.5. The maximum atomic E-state index is 12.5. The number of nitriles is 1. The van der Waals surface area contributed by atoms with Crippen molar-refractivity contribution in [3.63, 3.8) is 0 Å². The van der Waals surface area contributed by atoms with E-state index in [4.69, 9.17) is 0 Å². The van der Waals surface area contributed by atoms with Crippen molar-refractivity contribution in [2.45, 2.75) is 55.9 Å². The van der Waals surface area contributed by atoms with Crippen molar-refractivity contribution in [1.82, 2.24) is 4.72 Å². The van der Waals surface area contributed by atoms with Crippen LogP contribution in [0.3, 0.4) is 0 Å². The van der Waals surface area contributed by atoms with Crippen LogP contribution in [0.1, 0.15) is 43.4 Å². The second kappa shape index (κ2) is 6.14. The van der Waals surface area contributed by atoms with E-state index in [1.165, 1.54) is 11.3 Å². The molecule has 110 valence electrons. The zero-order valence-electron chi connectivity index (χ0n) is 11.3.